The number of nitrogens with zero attached hydrogens (tertiary/aromatic N) is 1. The first-order chi connectivity index (χ1) is 16.9. The second-order valence-corrected chi connectivity index (χ2v) is 8.37. The van der Waals surface area contributed by atoms with Crippen LogP contribution in [0.2, 0.25) is 0 Å². The summed E-state index contributed by atoms with van der Waals surface area (Å²) in [5.74, 6) is -1.32. The molecule has 4 rings (SSSR count). The Morgan fingerprint density at radius 1 is 1.09 bits per heavy atom. The van der Waals surface area contributed by atoms with E-state index in [0.717, 1.165) is 19.6 Å². The molecule has 1 aliphatic heterocycles. The lowest BCUT2D eigenvalue weighted by Gasteiger charge is -2.26. The van der Waals surface area contributed by atoms with Crippen molar-refractivity contribution in [1.82, 2.24) is 15.2 Å². The fourth-order valence-corrected chi connectivity index (χ4v) is 4.04. The Kier molecular flexibility index (Phi) is 7.42. The van der Waals surface area contributed by atoms with Crippen molar-refractivity contribution in [3.8, 4) is 0 Å². The van der Waals surface area contributed by atoms with Gasteiger partial charge in [-0.3, -0.25) is 19.3 Å². The zero-order chi connectivity index (χ0) is 24.9. The smallest absolute Gasteiger partial charge is 0.261 e. The zero-order valence-electron chi connectivity index (χ0n) is 19.7. The number of fused-ring (bicyclic) bond motifs is 1. The number of hydrogen-bond donors (Lipinski definition) is 4. The molecule has 35 heavy (non-hydrogen) atoms. The number of rotatable bonds is 7. The topological polar surface area (TPSA) is 116 Å². The van der Waals surface area contributed by atoms with Crippen molar-refractivity contribution in [3.63, 3.8) is 0 Å². The molecule has 1 aliphatic rings. The number of hydrogen-bond acceptors (Lipinski definition) is 6. The largest absolute Gasteiger partial charge is 0.386 e. The first-order valence-electron chi connectivity index (χ1n) is 11.4. The number of pyridine rings is 1. The van der Waals surface area contributed by atoms with Crippen LogP contribution in [-0.4, -0.2) is 68.1 Å². The van der Waals surface area contributed by atoms with Crippen LogP contribution < -0.4 is 21.5 Å². The van der Waals surface area contributed by atoms with Gasteiger partial charge in [0.25, 0.3) is 17.4 Å². The van der Waals surface area contributed by atoms with E-state index < -0.39 is 17.3 Å². The summed E-state index contributed by atoms with van der Waals surface area (Å²) in [5.41, 5.74) is 1.70. The first-order valence-corrected chi connectivity index (χ1v) is 11.4. The molecule has 3 aromatic rings. The van der Waals surface area contributed by atoms with E-state index in [2.05, 4.69) is 25.8 Å². The van der Waals surface area contributed by atoms with Gasteiger partial charge in [0, 0.05) is 49.9 Å². The Bertz CT molecular complexity index is 1320. The second kappa shape index (κ2) is 10.7. The van der Waals surface area contributed by atoms with Gasteiger partial charge in [0.05, 0.1) is 24.4 Å². The number of carbonyl (C=O) groups excluding carboxylic acids is 2. The van der Waals surface area contributed by atoms with Crippen LogP contribution in [-0.2, 0) is 4.74 Å². The fourth-order valence-electron chi connectivity index (χ4n) is 4.04. The zero-order valence-corrected chi connectivity index (χ0v) is 19.7. The SMILES string of the molecule is CNc1cc(F)cc2cc(C(=O)Nc3ccc(C(=O)NCCN4CCOCC4)cc3C)c(=O)[nH]c12. The summed E-state index contributed by atoms with van der Waals surface area (Å²) >= 11 is 0. The lowest BCUT2D eigenvalue weighted by Crippen LogP contribution is -2.41. The molecule has 1 aromatic heterocycles. The lowest BCUT2D eigenvalue weighted by molar-refractivity contribution is 0.0383. The van der Waals surface area contributed by atoms with Crippen LogP contribution in [0, 0.1) is 12.7 Å². The number of carbonyl (C=O) groups is 2. The van der Waals surface area contributed by atoms with Gasteiger partial charge in [-0.05, 0) is 48.9 Å². The second-order valence-electron chi connectivity index (χ2n) is 8.37. The van der Waals surface area contributed by atoms with Crippen LogP contribution in [0.1, 0.15) is 26.3 Å². The maximum atomic E-state index is 13.9. The molecule has 2 amide bonds. The number of morpholine rings is 1. The summed E-state index contributed by atoms with van der Waals surface area (Å²) in [6.07, 6.45) is 0. The average Bonchev–Trinajstić information content (AvgIpc) is 2.85. The molecule has 184 valence electrons. The van der Waals surface area contributed by atoms with Gasteiger partial charge in [-0.15, -0.1) is 0 Å². The summed E-state index contributed by atoms with van der Waals surface area (Å²) < 4.78 is 19.2. The number of amides is 2. The summed E-state index contributed by atoms with van der Waals surface area (Å²) in [6.45, 7) is 6.17. The quantitative estimate of drug-likeness (QED) is 0.412. The van der Waals surface area contributed by atoms with Crippen molar-refractivity contribution in [3.05, 3.63) is 69.3 Å². The van der Waals surface area contributed by atoms with Gasteiger partial charge >= 0.3 is 0 Å². The van der Waals surface area contributed by atoms with E-state index in [0.29, 0.717) is 53.2 Å². The maximum absolute atomic E-state index is 13.9. The summed E-state index contributed by atoms with van der Waals surface area (Å²) in [6, 6.07) is 8.80. The van der Waals surface area contributed by atoms with Gasteiger partial charge in [0.2, 0.25) is 0 Å². The Morgan fingerprint density at radius 2 is 1.86 bits per heavy atom. The minimum atomic E-state index is -0.630. The minimum absolute atomic E-state index is 0.144. The number of anilines is 2. The van der Waals surface area contributed by atoms with E-state index in [9.17, 15) is 18.8 Å². The van der Waals surface area contributed by atoms with Crippen LogP contribution >= 0.6 is 0 Å². The molecule has 0 atom stereocenters. The molecule has 10 heteroatoms. The third-order valence-corrected chi connectivity index (χ3v) is 5.98. The monoisotopic (exact) mass is 481 g/mol. The van der Waals surface area contributed by atoms with Crippen molar-refractivity contribution < 1.29 is 18.7 Å². The van der Waals surface area contributed by atoms with Gasteiger partial charge in [-0.2, -0.15) is 0 Å². The van der Waals surface area contributed by atoms with Crippen molar-refractivity contribution in [2.24, 2.45) is 0 Å². The van der Waals surface area contributed by atoms with Crippen molar-refractivity contribution in [2.75, 3.05) is 57.1 Å². The third kappa shape index (κ3) is 5.67. The number of ether oxygens (including phenoxy) is 1. The summed E-state index contributed by atoms with van der Waals surface area (Å²) in [5, 5.41) is 8.83. The first kappa shape index (κ1) is 24.4. The van der Waals surface area contributed by atoms with Crippen LogP contribution in [0.5, 0.6) is 0 Å². The minimum Gasteiger partial charge on any atom is -0.386 e. The van der Waals surface area contributed by atoms with Gasteiger partial charge in [0.15, 0.2) is 0 Å². The number of halogens is 1. The molecule has 1 saturated heterocycles. The highest BCUT2D eigenvalue weighted by molar-refractivity contribution is 6.07. The third-order valence-electron chi connectivity index (χ3n) is 5.98. The Morgan fingerprint density at radius 3 is 2.57 bits per heavy atom. The highest BCUT2D eigenvalue weighted by atomic mass is 19.1. The number of aromatic amines is 1. The van der Waals surface area contributed by atoms with Crippen molar-refractivity contribution in [2.45, 2.75) is 6.92 Å². The fraction of sp³-hybridized carbons (Fsp3) is 0.320. The van der Waals surface area contributed by atoms with Gasteiger partial charge in [-0.25, -0.2) is 4.39 Å². The van der Waals surface area contributed by atoms with Gasteiger partial charge < -0.3 is 25.7 Å². The molecule has 0 aliphatic carbocycles. The van der Waals surface area contributed by atoms with Crippen molar-refractivity contribution >= 4 is 34.1 Å². The highest BCUT2D eigenvalue weighted by Crippen LogP contribution is 2.23. The number of nitrogens with one attached hydrogen (secondary N) is 4. The Labute approximate surface area is 201 Å². The predicted octanol–water partition coefficient (Wildman–Crippen LogP) is 2.33. The summed E-state index contributed by atoms with van der Waals surface area (Å²) in [4.78, 5) is 42.8. The number of benzene rings is 2. The van der Waals surface area contributed by atoms with Gasteiger partial charge in [-0.1, -0.05) is 0 Å². The van der Waals surface area contributed by atoms with E-state index in [4.69, 9.17) is 4.74 Å². The molecule has 0 unspecified atom stereocenters. The summed E-state index contributed by atoms with van der Waals surface area (Å²) in [7, 11) is 1.62. The lowest BCUT2D eigenvalue weighted by atomic mass is 10.1. The molecular weight excluding hydrogens is 453 g/mol. The number of aromatic nitrogens is 1. The van der Waals surface area contributed by atoms with E-state index in [1.54, 1.807) is 32.2 Å². The van der Waals surface area contributed by atoms with Crippen LogP contribution in [0.4, 0.5) is 15.8 Å². The number of H-pyrrole nitrogens is 1. The molecule has 0 bridgehead atoms. The van der Waals surface area contributed by atoms with Crippen LogP contribution in [0.15, 0.2) is 41.2 Å². The molecule has 2 aromatic carbocycles. The molecule has 0 saturated carbocycles. The number of aryl methyl sites for hydroxylation is 1. The van der Waals surface area contributed by atoms with E-state index in [1.165, 1.54) is 18.2 Å². The molecule has 9 nitrogen and oxygen atoms in total. The predicted molar refractivity (Wildman–Crippen MR) is 133 cm³/mol. The Hall–Kier alpha value is -3.76. The van der Waals surface area contributed by atoms with E-state index >= 15 is 0 Å². The molecule has 2 heterocycles. The molecule has 0 spiro atoms. The Balaban J connectivity index is 1.44. The molecular formula is C25H28FN5O4. The van der Waals surface area contributed by atoms with Gasteiger partial charge in [0.1, 0.15) is 11.4 Å². The maximum Gasteiger partial charge on any atom is 0.261 e. The molecule has 1 fully saturated rings. The standard InChI is InChI=1S/C25H28FN5O4/c1-15-11-16(23(32)28-5-6-31-7-9-35-10-8-31)3-4-20(15)29-24(33)19-13-17-12-18(26)14-21(27-2)22(17)30-25(19)34/h3-4,11-14,27H,5-10H2,1-2H3,(H,28,32)(H,29,33)(H,30,34). The normalized spacial score (nSPS) is 14.0. The average molecular weight is 482 g/mol. The van der Waals surface area contributed by atoms with Crippen LogP contribution in [0.25, 0.3) is 10.9 Å². The van der Waals surface area contributed by atoms with E-state index in [-0.39, 0.29) is 11.5 Å². The molecule has 4 N–H and O–H groups in total. The van der Waals surface area contributed by atoms with Crippen LogP contribution in [0.3, 0.4) is 0 Å². The van der Waals surface area contributed by atoms with E-state index in [1.807, 2.05) is 0 Å². The van der Waals surface area contributed by atoms with Crippen molar-refractivity contribution in [1.29, 1.82) is 0 Å². The highest BCUT2D eigenvalue weighted by Gasteiger charge is 2.16. The molecule has 0 radical (unpaired) electrons.